The molecule has 13 heavy (non-hydrogen) atoms. The van der Waals surface area contributed by atoms with Crippen LogP contribution in [0, 0.1) is 0 Å². The van der Waals surface area contributed by atoms with Crippen LogP contribution in [-0.2, 0) is 0 Å². The standard InChI is InChI=1S/C11H14ClN/c1-13(2)9-3-4-10-5-7-11(12)8-6-10/h3-8H,9H2,1-2H3/b4-3+. The van der Waals surface area contributed by atoms with Crippen LogP contribution in [0.3, 0.4) is 0 Å². The molecule has 0 heterocycles. The van der Waals surface area contributed by atoms with E-state index in [-0.39, 0.29) is 0 Å². The summed E-state index contributed by atoms with van der Waals surface area (Å²) < 4.78 is 0. The van der Waals surface area contributed by atoms with E-state index in [4.69, 9.17) is 11.6 Å². The van der Waals surface area contributed by atoms with Crippen LogP contribution in [0.5, 0.6) is 0 Å². The van der Waals surface area contributed by atoms with E-state index < -0.39 is 0 Å². The molecule has 0 radical (unpaired) electrons. The lowest BCUT2D eigenvalue weighted by atomic mass is 10.2. The Morgan fingerprint density at radius 2 is 1.85 bits per heavy atom. The first-order valence-corrected chi connectivity index (χ1v) is 4.63. The number of hydrogen-bond donors (Lipinski definition) is 0. The first-order valence-electron chi connectivity index (χ1n) is 4.25. The molecule has 0 aliphatic carbocycles. The average Bonchev–Trinajstić information content (AvgIpc) is 2.08. The molecule has 0 unspecified atom stereocenters. The molecule has 0 fully saturated rings. The Morgan fingerprint density at radius 1 is 1.23 bits per heavy atom. The van der Waals surface area contributed by atoms with Crippen molar-refractivity contribution >= 4 is 17.7 Å². The normalized spacial score (nSPS) is 11.4. The smallest absolute Gasteiger partial charge is 0.0406 e. The van der Waals surface area contributed by atoms with Crippen molar-refractivity contribution < 1.29 is 0 Å². The molecule has 0 spiro atoms. The van der Waals surface area contributed by atoms with Crippen LogP contribution in [0.15, 0.2) is 30.3 Å². The van der Waals surface area contributed by atoms with Crippen molar-refractivity contribution in [3.63, 3.8) is 0 Å². The molecule has 0 N–H and O–H groups in total. The number of nitrogens with zero attached hydrogens (tertiary/aromatic N) is 1. The van der Waals surface area contributed by atoms with E-state index in [9.17, 15) is 0 Å². The Labute approximate surface area is 84.6 Å². The third-order valence-electron chi connectivity index (χ3n) is 1.65. The van der Waals surface area contributed by atoms with Gasteiger partial charge in [-0.15, -0.1) is 0 Å². The van der Waals surface area contributed by atoms with Crippen LogP contribution in [0.4, 0.5) is 0 Å². The molecule has 0 saturated heterocycles. The number of likely N-dealkylation sites (N-methyl/N-ethyl adjacent to an activating group) is 1. The molecular weight excluding hydrogens is 182 g/mol. The molecule has 70 valence electrons. The van der Waals surface area contributed by atoms with Gasteiger partial charge in [0.15, 0.2) is 0 Å². The Hall–Kier alpha value is -0.790. The molecule has 1 aromatic carbocycles. The molecule has 2 heteroatoms. The first kappa shape index (κ1) is 10.3. The highest BCUT2D eigenvalue weighted by atomic mass is 35.5. The van der Waals surface area contributed by atoms with Gasteiger partial charge in [-0.25, -0.2) is 0 Å². The van der Waals surface area contributed by atoms with Crippen molar-refractivity contribution in [3.8, 4) is 0 Å². The summed E-state index contributed by atoms with van der Waals surface area (Å²) in [5.74, 6) is 0. The van der Waals surface area contributed by atoms with Gasteiger partial charge in [0.2, 0.25) is 0 Å². The third-order valence-corrected chi connectivity index (χ3v) is 1.90. The van der Waals surface area contributed by atoms with Gasteiger partial charge in [0.25, 0.3) is 0 Å². The Morgan fingerprint density at radius 3 is 2.38 bits per heavy atom. The predicted octanol–water partition coefficient (Wildman–Crippen LogP) is 2.91. The van der Waals surface area contributed by atoms with E-state index in [0.29, 0.717) is 0 Å². The fourth-order valence-electron chi connectivity index (χ4n) is 0.973. The lowest BCUT2D eigenvalue weighted by Crippen LogP contribution is -2.10. The summed E-state index contributed by atoms with van der Waals surface area (Å²) in [6, 6.07) is 7.82. The van der Waals surface area contributed by atoms with Gasteiger partial charge in [-0.1, -0.05) is 35.9 Å². The second-order valence-electron chi connectivity index (χ2n) is 3.22. The number of rotatable bonds is 3. The highest BCUT2D eigenvalue weighted by Crippen LogP contribution is 2.10. The van der Waals surface area contributed by atoms with Crippen molar-refractivity contribution in [2.45, 2.75) is 0 Å². The lowest BCUT2D eigenvalue weighted by Gasteiger charge is -2.03. The van der Waals surface area contributed by atoms with E-state index in [2.05, 4.69) is 17.1 Å². The molecule has 1 nitrogen and oxygen atoms in total. The minimum Gasteiger partial charge on any atom is -0.306 e. The van der Waals surface area contributed by atoms with Gasteiger partial charge in [0.05, 0.1) is 0 Å². The van der Waals surface area contributed by atoms with E-state index >= 15 is 0 Å². The van der Waals surface area contributed by atoms with Crippen molar-refractivity contribution in [1.82, 2.24) is 4.90 Å². The Bertz CT molecular complexity index is 275. The topological polar surface area (TPSA) is 3.24 Å². The second kappa shape index (κ2) is 5.05. The summed E-state index contributed by atoms with van der Waals surface area (Å²) in [7, 11) is 4.10. The fraction of sp³-hybridized carbons (Fsp3) is 0.273. The quantitative estimate of drug-likeness (QED) is 0.717. The van der Waals surface area contributed by atoms with Crippen LogP contribution < -0.4 is 0 Å². The number of hydrogen-bond acceptors (Lipinski definition) is 1. The molecule has 1 rings (SSSR count). The minimum atomic E-state index is 0.782. The molecular formula is C11H14ClN. The van der Waals surface area contributed by atoms with Gasteiger partial charge in [-0.3, -0.25) is 0 Å². The van der Waals surface area contributed by atoms with Crippen molar-refractivity contribution in [2.24, 2.45) is 0 Å². The van der Waals surface area contributed by atoms with E-state index in [0.717, 1.165) is 11.6 Å². The number of halogens is 1. The molecule has 0 amide bonds. The average molecular weight is 196 g/mol. The molecule has 0 aliphatic heterocycles. The molecule has 0 aromatic heterocycles. The molecule has 0 aliphatic rings. The maximum Gasteiger partial charge on any atom is 0.0406 e. The number of benzene rings is 1. The van der Waals surface area contributed by atoms with Gasteiger partial charge in [-0.05, 0) is 31.8 Å². The SMILES string of the molecule is CN(C)C/C=C/c1ccc(Cl)cc1. The third kappa shape index (κ3) is 4.11. The second-order valence-corrected chi connectivity index (χ2v) is 3.65. The van der Waals surface area contributed by atoms with Crippen molar-refractivity contribution in [1.29, 1.82) is 0 Å². The van der Waals surface area contributed by atoms with Crippen LogP contribution in [-0.4, -0.2) is 25.5 Å². The molecule has 0 atom stereocenters. The van der Waals surface area contributed by atoms with Gasteiger partial charge in [0.1, 0.15) is 0 Å². The van der Waals surface area contributed by atoms with Crippen molar-refractivity contribution in [2.75, 3.05) is 20.6 Å². The van der Waals surface area contributed by atoms with Crippen LogP contribution in [0.25, 0.3) is 6.08 Å². The first-order chi connectivity index (χ1) is 6.18. The van der Waals surface area contributed by atoms with Crippen LogP contribution >= 0.6 is 11.6 Å². The molecule has 0 bridgehead atoms. The summed E-state index contributed by atoms with van der Waals surface area (Å²) >= 11 is 5.76. The van der Waals surface area contributed by atoms with E-state index in [1.54, 1.807) is 0 Å². The van der Waals surface area contributed by atoms with Crippen LogP contribution in [0.1, 0.15) is 5.56 Å². The lowest BCUT2D eigenvalue weighted by molar-refractivity contribution is 0.457. The highest BCUT2D eigenvalue weighted by Gasteiger charge is 1.87. The summed E-state index contributed by atoms with van der Waals surface area (Å²) in [5.41, 5.74) is 1.19. The largest absolute Gasteiger partial charge is 0.306 e. The Kier molecular flexibility index (Phi) is 4.00. The van der Waals surface area contributed by atoms with Gasteiger partial charge in [-0.2, -0.15) is 0 Å². The maximum absolute atomic E-state index is 5.76. The van der Waals surface area contributed by atoms with Gasteiger partial charge >= 0.3 is 0 Å². The van der Waals surface area contributed by atoms with Gasteiger partial charge < -0.3 is 4.90 Å². The summed E-state index contributed by atoms with van der Waals surface area (Å²) in [6.45, 7) is 0.961. The molecule has 1 aromatic rings. The maximum atomic E-state index is 5.76. The summed E-state index contributed by atoms with van der Waals surface area (Å²) in [6.07, 6.45) is 4.22. The van der Waals surface area contributed by atoms with Crippen LogP contribution in [0.2, 0.25) is 5.02 Å². The Balaban J connectivity index is 2.54. The van der Waals surface area contributed by atoms with Crippen molar-refractivity contribution in [3.05, 3.63) is 40.9 Å². The zero-order chi connectivity index (χ0) is 9.68. The predicted molar refractivity (Wildman–Crippen MR) is 59.0 cm³/mol. The zero-order valence-electron chi connectivity index (χ0n) is 8.00. The monoisotopic (exact) mass is 195 g/mol. The van der Waals surface area contributed by atoms with E-state index in [1.165, 1.54) is 5.56 Å². The minimum absolute atomic E-state index is 0.782. The molecule has 0 saturated carbocycles. The summed E-state index contributed by atoms with van der Waals surface area (Å²) in [4.78, 5) is 2.12. The van der Waals surface area contributed by atoms with Gasteiger partial charge in [0, 0.05) is 11.6 Å². The zero-order valence-corrected chi connectivity index (χ0v) is 8.75. The highest BCUT2D eigenvalue weighted by molar-refractivity contribution is 6.30. The van der Waals surface area contributed by atoms with E-state index in [1.807, 2.05) is 38.4 Å². The fourth-order valence-corrected chi connectivity index (χ4v) is 1.10. The summed E-state index contributed by atoms with van der Waals surface area (Å²) in [5, 5.41) is 0.782.